The first-order valence-electron chi connectivity index (χ1n) is 7.67. The van der Waals surface area contributed by atoms with Crippen molar-refractivity contribution in [2.45, 2.75) is 25.2 Å². The number of carboxylic acids is 1. The zero-order valence-corrected chi connectivity index (χ0v) is 13.1. The van der Waals surface area contributed by atoms with Crippen LogP contribution in [0.3, 0.4) is 0 Å². The first-order valence-corrected chi connectivity index (χ1v) is 7.67. The van der Waals surface area contributed by atoms with Gasteiger partial charge in [0.1, 0.15) is 0 Å². The molecule has 0 aromatic heterocycles. The number of carbonyl (C=O) groups is 2. The van der Waals surface area contributed by atoms with Gasteiger partial charge in [0.15, 0.2) is 0 Å². The predicted molar refractivity (Wildman–Crippen MR) is 89.3 cm³/mol. The fourth-order valence-corrected chi connectivity index (χ4v) is 2.50. The summed E-state index contributed by atoms with van der Waals surface area (Å²) in [6.45, 7) is 2.08. The number of hydrogen-bond acceptors (Lipinski definition) is 2. The number of rotatable bonds is 7. The summed E-state index contributed by atoms with van der Waals surface area (Å²) in [5.74, 6) is -1.71. The lowest BCUT2D eigenvalue weighted by atomic mass is 9.96. The summed E-state index contributed by atoms with van der Waals surface area (Å²) in [7, 11) is 0. The Morgan fingerprint density at radius 1 is 0.957 bits per heavy atom. The van der Waals surface area contributed by atoms with E-state index >= 15 is 0 Å². The Morgan fingerprint density at radius 2 is 1.48 bits per heavy atom. The molecule has 0 spiro atoms. The summed E-state index contributed by atoms with van der Waals surface area (Å²) in [6, 6.07) is 18.8. The molecule has 2 N–H and O–H groups in total. The standard InChI is InChI=1S/C19H21NO3/c1-14(15-8-4-2-5-9-15)12-18(21)20-13-17(19(22)23)16-10-6-3-7-11-16/h2-11,14,17H,12-13H2,1H3,(H,20,21)(H,22,23). The fourth-order valence-electron chi connectivity index (χ4n) is 2.50. The Hall–Kier alpha value is -2.62. The van der Waals surface area contributed by atoms with Crippen LogP contribution in [0.2, 0.25) is 0 Å². The van der Waals surface area contributed by atoms with Gasteiger partial charge >= 0.3 is 5.97 Å². The number of carbonyl (C=O) groups excluding carboxylic acids is 1. The van der Waals surface area contributed by atoms with Gasteiger partial charge in [0.25, 0.3) is 0 Å². The van der Waals surface area contributed by atoms with E-state index in [-0.39, 0.29) is 18.4 Å². The van der Waals surface area contributed by atoms with Crippen LogP contribution in [0.25, 0.3) is 0 Å². The molecule has 2 rings (SSSR count). The monoisotopic (exact) mass is 311 g/mol. The summed E-state index contributed by atoms with van der Waals surface area (Å²) in [6.07, 6.45) is 0.338. The molecule has 0 heterocycles. The van der Waals surface area contributed by atoms with Crippen molar-refractivity contribution >= 4 is 11.9 Å². The van der Waals surface area contributed by atoms with Gasteiger partial charge < -0.3 is 10.4 Å². The minimum Gasteiger partial charge on any atom is -0.481 e. The van der Waals surface area contributed by atoms with Crippen molar-refractivity contribution in [3.63, 3.8) is 0 Å². The van der Waals surface area contributed by atoms with Crippen LogP contribution in [0.5, 0.6) is 0 Å². The smallest absolute Gasteiger partial charge is 0.312 e. The molecule has 2 atom stereocenters. The SMILES string of the molecule is CC(CC(=O)NCC(C(=O)O)c1ccccc1)c1ccccc1. The number of benzene rings is 2. The van der Waals surface area contributed by atoms with E-state index in [1.807, 2.05) is 43.3 Å². The lowest BCUT2D eigenvalue weighted by Gasteiger charge is -2.16. The van der Waals surface area contributed by atoms with Crippen LogP contribution in [0, 0.1) is 0 Å². The highest BCUT2D eigenvalue weighted by Gasteiger charge is 2.21. The van der Waals surface area contributed by atoms with E-state index in [1.54, 1.807) is 24.3 Å². The Morgan fingerprint density at radius 3 is 2.00 bits per heavy atom. The van der Waals surface area contributed by atoms with Gasteiger partial charge in [-0.3, -0.25) is 9.59 Å². The summed E-state index contributed by atoms with van der Waals surface area (Å²) >= 11 is 0. The minimum atomic E-state index is -0.937. The zero-order valence-electron chi connectivity index (χ0n) is 13.1. The van der Waals surface area contributed by atoms with Gasteiger partial charge in [-0.1, -0.05) is 67.6 Å². The number of hydrogen-bond donors (Lipinski definition) is 2. The Bertz CT molecular complexity index is 640. The molecule has 4 heteroatoms. The van der Waals surface area contributed by atoms with Crippen molar-refractivity contribution in [3.8, 4) is 0 Å². The van der Waals surface area contributed by atoms with Gasteiger partial charge in [-0.25, -0.2) is 0 Å². The Balaban J connectivity index is 1.91. The molecule has 2 aromatic carbocycles. The molecule has 0 bridgehead atoms. The quantitative estimate of drug-likeness (QED) is 0.825. The molecule has 2 unspecified atom stereocenters. The molecule has 0 saturated heterocycles. The molecule has 0 aliphatic rings. The van der Waals surface area contributed by atoms with Crippen LogP contribution in [0.4, 0.5) is 0 Å². The first-order chi connectivity index (χ1) is 11.1. The van der Waals surface area contributed by atoms with Gasteiger partial charge in [0, 0.05) is 13.0 Å². The third kappa shape index (κ3) is 4.95. The molecule has 0 radical (unpaired) electrons. The summed E-state index contributed by atoms with van der Waals surface area (Å²) < 4.78 is 0. The average molecular weight is 311 g/mol. The van der Waals surface area contributed by atoms with E-state index in [4.69, 9.17) is 0 Å². The van der Waals surface area contributed by atoms with Gasteiger partial charge in [-0.2, -0.15) is 0 Å². The molecule has 4 nitrogen and oxygen atoms in total. The van der Waals surface area contributed by atoms with Crippen molar-refractivity contribution < 1.29 is 14.7 Å². The fraction of sp³-hybridized carbons (Fsp3) is 0.263. The van der Waals surface area contributed by atoms with Crippen LogP contribution in [-0.2, 0) is 9.59 Å². The van der Waals surface area contributed by atoms with Crippen LogP contribution in [0.15, 0.2) is 60.7 Å². The van der Waals surface area contributed by atoms with Gasteiger partial charge in [0.05, 0.1) is 5.92 Å². The molecule has 0 saturated carbocycles. The Kier molecular flexibility index (Phi) is 5.92. The molecule has 0 aliphatic carbocycles. The molecule has 0 aliphatic heterocycles. The second kappa shape index (κ2) is 8.13. The average Bonchev–Trinajstić information content (AvgIpc) is 2.56. The van der Waals surface area contributed by atoms with Crippen molar-refractivity contribution in [3.05, 3.63) is 71.8 Å². The topological polar surface area (TPSA) is 66.4 Å². The lowest BCUT2D eigenvalue weighted by Crippen LogP contribution is -2.32. The van der Waals surface area contributed by atoms with E-state index in [0.717, 1.165) is 5.56 Å². The first kappa shape index (κ1) is 16.7. The number of aliphatic carboxylic acids is 1. The summed E-state index contributed by atoms with van der Waals surface area (Å²) in [4.78, 5) is 23.5. The second-order valence-corrected chi connectivity index (χ2v) is 5.62. The maximum atomic E-state index is 12.1. The van der Waals surface area contributed by atoms with Crippen LogP contribution in [0.1, 0.15) is 36.3 Å². The zero-order chi connectivity index (χ0) is 16.7. The van der Waals surface area contributed by atoms with Crippen LogP contribution in [-0.4, -0.2) is 23.5 Å². The van der Waals surface area contributed by atoms with E-state index in [0.29, 0.717) is 12.0 Å². The lowest BCUT2D eigenvalue weighted by molar-refractivity contribution is -0.138. The predicted octanol–water partition coefficient (Wildman–Crippen LogP) is 3.16. The highest BCUT2D eigenvalue weighted by molar-refractivity contribution is 5.80. The maximum absolute atomic E-state index is 12.1. The molecule has 2 aromatic rings. The van der Waals surface area contributed by atoms with E-state index in [1.165, 1.54) is 0 Å². The Labute approximate surface area is 136 Å². The molecular formula is C19H21NO3. The van der Waals surface area contributed by atoms with E-state index in [9.17, 15) is 14.7 Å². The van der Waals surface area contributed by atoms with Gasteiger partial charge in [-0.15, -0.1) is 0 Å². The van der Waals surface area contributed by atoms with Crippen LogP contribution >= 0.6 is 0 Å². The van der Waals surface area contributed by atoms with Crippen molar-refractivity contribution in [2.24, 2.45) is 0 Å². The molecule has 1 amide bonds. The minimum absolute atomic E-state index is 0.0937. The third-order valence-corrected chi connectivity index (χ3v) is 3.86. The van der Waals surface area contributed by atoms with E-state index in [2.05, 4.69) is 5.32 Å². The number of nitrogens with one attached hydrogen (secondary N) is 1. The molecule has 120 valence electrons. The van der Waals surface area contributed by atoms with Gasteiger partial charge in [-0.05, 0) is 17.0 Å². The van der Waals surface area contributed by atoms with Gasteiger partial charge in [0.2, 0.25) is 5.91 Å². The highest BCUT2D eigenvalue weighted by atomic mass is 16.4. The summed E-state index contributed by atoms with van der Waals surface area (Å²) in [5, 5.41) is 12.1. The number of carboxylic acid groups (broad SMARTS) is 1. The van der Waals surface area contributed by atoms with Crippen molar-refractivity contribution in [1.29, 1.82) is 0 Å². The molecule has 0 fully saturated rings. The second-order valence-electron chi connectivity index (χ2n) is 5.62. The third-order valence-electron chi connectivity index (χ3n) is 3.86. The molecule has 23 heavy (non-hydrogen) atoms. The van der Waals surface area contributed by atoms with Crippen LogP contribution < -0.4 is 5.32 Å². The normalized spacial score (nSPS) is 13.1. The summed E-state index contributed by atoms with van der Waals surface area (Å²) in [5.41, 5.74) is 1.79. The van der Waals surface area contributed by atoms with E-state index < -0.39 is 11.9 Å². The van der Waals surface area contributed by atoms with Crippen molar-refractivity contribution in [2.75, 3.05) is 6.54 Å². The van der Waals surface area contributed by atoms with Crippen molar-refractivity contribution in [1.82, 2.24) is 5.32 Å². The maximum Gasteiger partial charge on any atom is 0.312 e. The highest BCUT2D eigenvalue weighted by Crippen LogP contribution is 2.19. The largest absolute Gasteiger partial charge is 0.481 e. The molecular weight excluding hydrogens is 290 g/mol. The number of amides is 1.